The smallest absolute Gasteiger partial charge is 0.165 e. The maximum atomic E-state index is 14.5. The third-order valence-electron chi connectivity index (χ3n) is 5.50. The van der Waals surface area contributed by atoms with Gasteiger partial charge in [-0.15, -0.1) is 0 Å². The highest BCUT2D eigenvalue weighted by molar-refractivity contribution is 5.30. The molecule has 0 N–H and O–H groups in total. The Bertz CT molecular complexity index is 799. The molecule has 1 aliphatic rings. The van der Waals surface area contributed by atoms with Gasteiger partial charge in [0, 0.05) is 12.2 Å². The van der Waals surface area contributed by atoms with Crippen LogP contribution in [0.4, 0.5) is 13.2 Å². The predicted octanol–water partition coefficient (Wildman–Crippen LogP) is 6.30. The van der Waals surface area contributed by atoms with Gasteiger partial charge in [0.05, 0.1) is 13.2 Å². The van der Waals surface area contributed by atoms with Crippen LogP contribution in [0, 0.1) is 30.3 Å². The summed E-state index contributed by atoms with van der Waals surface area (Å²) in [6, 6.07) is 8.24. The van der Waals surface area contributed by atoms with Crippen LogP contribution in [0.25, 0.3) is 0 Å². The molecule has 0 aromatic heterocycles. The topological polar surface area (TPSA) is 18.5 Å². The van der Waals surface area contributed by atoms with Gasteiger partial charge in [0.1, 0.15) is 0 Å². The van der Waals surface area contributed by atoms with E-state index in [0.29, 0.717) is 24.7 Å². The van der Waals surface area contributed by atoms with Crippen molar-refractivity contribution < 1.29 is 22.6 Å². The molecule has 0 spiro atoms. The molecule has 0 aliphatic heterocycles. The molecule has 1 aliphatic carbocycles. The van der Waals surface area contributed by atoms with Gasteiger partial charge in [0.15, 0.2) is 23.2 Å². The predicted molar refractivity (Wildman–Crippen MR) is 103 cm³/mol. The molecule has 3 rings (SSSR count). The Labute approximate surface area is 164 Å². The number of ether oxygens (including phenoxy) is 2. The number of halogens is 3. The Hall–Kier alpha value is -2.01. The minimum absolute atomic E-state index is 0.00278. The molecule has 0 bridgehead atoms. The van der Waals surface area contributed by atoms with Crippen molar-refractivity contribution in [3.05, 3.63) is 64.5 Å². The standard InChI is InChI=1S/C23H27F3O2/c1-3-27-14-18-9-10-19(23(26)22(18)25)17-7-5-16(6-8-17)13-28-21-11-4-15(2)12-20(21)24/h4,9-12,16-17H,3,5-8,13-14H2,1-2H3. The lowest BCUT2D eigenvalue weighted by Gasteiger charge is -2.29. The molecule has 2 nitrogen and oxygen atoms in total. The minimum atomic E-state index is -0.800. The van der Waals surface area contributed by atoms with Gasteiger partial charge in [0.2, 0.25) is 0 Å². The zero-order valence-corrected chi connectivity index (χ0v) is 16.4. The summed E-state index contributed by atoms with van der Waals surface area (Å²) in [5, 5.41) is 0. The van der Waals surface area contributed by atoms with Crippen LogP contribution in [0.1, 0.15) is 55.2 Å². The molecule has 5 heteroatoms. The zero-order chi connectivity index (χ0) is 20.1. The Kier molecular flexibility index (Phi) is 7.00. The van der Waals surface area contributed by atoms with Crippen LogP contribution in [-0.4, -0.2) is 13.2 Å². The van der Waals surface area contributed by atoms with Gasteiger partial charge in [0.25, 0.3) is 0 Å². The van der Waals surface area contributed by atoms with E-state index in [0.717, 1.165) is 31.2 Å². The molecule has 1 saturated carbocycles. The molecule has 0 saturated heterocycles. The zero-order valence-electron chi connectivity index (χ0n) is 16.4. The largest absolute Gasteiger partial charge is 0.490 e. The highest BCUT2D eigenvalue weighted by Gasteiger charge is 2.27. The summed E-state index contributed by atoms with van der Waals surface area (Å²) in [7, 11) is 0. The Morgan fingerprint density at radius 1 is 0.964 bits per heavy atom. The first-order valence-electron chi connectivity index (χ1n) is 9.93. The van der Waals surface area contributed by atoms with Gasteiger partial charge in [-0.3, -0.25) is 0 Å². The third-order valence-corrected chi connectivity index (χ3v) is 5.50. The van der Waals surface area contributed by atoms with E-state index in [2.05, 4.69) is 0 Å². The summed E-state index contributed by atoms with van der Waals surface area (Å²) < 4.78 is 53.5. The summed E-state index contributed by atoms with van der Waals surface area (Å²) in [6.07, 6.45) is 3.23. The van der Waals surface area contributed by atoms with Crippen molar-refractivity contribution in [2.24, 2.45) is 5.92 Å². The van der Waals surface area contributed by atoms with Crippen molar-refractivity contribution in [1.29, 1.82) is 0 Å². The van der Waals surface area contributed by atoms with Crippen LogP contribution >= 0.6 is 0 Å². The van der Waals surface area contributed by atoms with Crippen LogP contribution in [0.15, 0.2) is 30.3 Å². The van der Waals surface area contributed by atoms with E-state index in [9.17, 15) is 13.2 Å². The van der Waals surface area contributed by atoms with Gasteiger partial charge < -0.3 is 9.47 Å². The van der Waals surface area contributed by atoms with E-state index in [1.54, 1.807) is 18.2 Å². The fourth-order valence-electron chi connectivity index (χ4n) is 3.81. The fourth-order valence-corrected chi connectivity index (χ4v) is 3.81. The van der Waals surface area contributed by atoms with Crippen LogP contribution in [-0.2, 0) is 11.3 Å². The van der Waals surface area contributed by atoms with Gasteiger partial charge in [-0.2, -0.15) is 0 Å². The monoisotopic (exact) mass is 392 g/mol. The average molecular weight is 392 g/mol. The lowest BCUT2D eigenvalue weighted by molar-refractivity contribution is 0.130. The van der Waals surface area contributed by atoms with Gasteiger partial charge in [-0.1, -0.05) is 18.2 Å². The second kappa shape index (κ2) is 9.46. The molecule has 0 heterocycles. The summed E-state index contributed by atoms with van der Waals surface area (Å²) in [5.41, 5.74) is 1.55. The Morgan fingerprint density at radius 3 is 2.39 bits per heavy atom. The first-order valence-corrected chi connectivity index (χ1v) is 9.93. The SMILES string of the molecule is CCOCc1ccc(C2CCC(COc3ccc(C)cc3F)CC2)c(F)c1F. The quantitative estimate of drug-likeness (QED) is 0.550. The summed E-state index contributed by atoms with van der Waals surface area (Å²) in [4.78, 5) is 0. The number of aryl methyl sites for hydroxylation is 1. The maximum Gasteiger partial charge on any atom is 0.165 e. The van der Waals surface area contributed by atoms with Crippen LogP contribution < -0.4 is 4.74 Å². The molecular weight excluding hydrogens is 365 g/mol. The molecule has 0 amide bonds. The fraction of sp³-hybridized carbons (Fsp3) is 0.478. The summed E-state index contributed by atoms with van der Waals surface area (Å²) in [5.74, 6) is -1.33. The third kappa shape index (κ3) is 4.88. The molecule has 2 aromatic rings. The van der Waals surface area contributed by atoms with Gasteiger partial charge in [-0.05, 0) is 74.6 Å². The van der Waals surface area contributed by atoms with Crippen molar-refractivity contribution in [2.75, 3.05) is 13.2 Å². The van der Waals surface area contributed by atoms with E-state index in [1.807, 2.05) is 19.9 Å². The van der Waals surface area contributed by atoms with Crippen LogP contribution in [0.5, 0.6) is 5.75 Å². The van der Waals surface area contributed by atoms with Crippen molar-refractivity contribution in [2.45, 2.75) is 52.1 Å². The Balaban J connectivity index is 1.55. The summed E-state index contributed by atoms with van der Waals surface area (Å²) >= 11 is 0. The van der Waals surface area contributed by atoms with Gasteiger partial charge in [-0.25, -0.2) is 13.2 Å². The van der Waals surface area contributed by atoms with E-state index in [1.165, 1.54) is 6.07 Å². The maximum absolute atomic E-state index is 14.5. The minimum Gasteiger partial charge on any atom is -0.490 e. The first kappa shape index (κ1) is 20.7. The van der Waals surface area contributed by atoms with Crippen LogP contribution in [0.3, 0.4) is 0 Å². The van der Waals surface area contributed by atoms with Crippen molar-refractivity contribution in [1.82, 2.24) is 0 Å². The first-order chi connectivity index (χ1) is 13.5. The van der Waals surface area contributed by atoms with Crippen molar-refractivity contribution >= 4 is 0 Å². The average Bonchev–Trinajstić information content (AvgIpc) is 2.69. The number of rotatable bonds is 7. The molecule has 1 fully saturated rings. The molecule has 28 heavy (non-hydrogen) atoms. The lowest BCUT2D eigenvalue weighted by Crippen LogP contribution is -2.20. The van der Waals surface area contributed by atoms with E-state index in [4.69, 9.17) is 9.47 Å². The highest BCUT2D eigenvalue weighted by Crippen LogP contribution is 2.38. The molecule has 0 unspecified atom stereocenters. The van der Waals surface area contributed by atoms with E-state index in [-0.39, 0.29) is 29.7 Å². The lowest BCUT2D eigenvalue weighted by atomic mass is 9.78. The normalized spacial score (nSPS) is 19.6. The van der Waals surface area contributed by atoms with Crippen LogP contribution in [0.2, 0.25) is 0 Å². The van der Waals surface area contributed by atoms with Crippen molar-refractivity contribution in [3.63, 3.8) is 0 Å². The van der Waals surface area contributed by atoms with Crippen molar-refractivity contribution in [3.8, 4) is 5.75 Å². The highest BCUT2D eigenvalue weighted by atomic mass is 19.2. The Morgan fingerprint density at radius 2 is 1.71 bits per heavy atom. The molecule has 2 aromatic carbocycles. The summed E-state index contributed by atoms with van der Waals surface area (Å²) in [6.45, 7) is 4.63. The molecule has 152 valence electrons. The molecule has 0 atom stereocenters. The molecule has 0 radical (unpaired) electrons. The molecular formula is C23H27F3O2. The van der Waals surface area contributed by atoms with Gasteiger partial charge >= 0.3 is 0 Å². The van der Waals surface area contributed by atoms with E-state index < -0.39 is 11.6 Å². The second-order valence-electron chi connectivity index (χ2n) is 7.54. The van der Waals surface area contributed by atoms with E-state index >= 15 is 0 Å². The number of hydrogen-bond donors (Lipinski definition) is 0. The second-order valence-corrected chi connectivity index (χ2v) is 7.54. The number of benzene rings is 2. The number of hydrogen-bond acceptors (Lipinski definition) is 2.